The number of nitrogens with two attached hydrogens (primary N) is 1. The number of benzene rings is 1. The van der Waals surface area contributed by atoms with Crippen LogP contribution < -0.4 is 16.4 Å². The summed E-state index contributed by atoms with van der Waals surface area (Å²) >= 11 is 0. The predicted octanol–water partition coefficient (Wildman–Crippen LogP) is 1.74. The Hall–Kier alpha value is -1.88. The Balaban J connectivity index is 2.37. The van der Waals surface area contributed by atoms with E-state index >= 15 is 0 Å². The van der Waals surface area contributed by atoms with Crippen LogP contribution in [-0.4, -0.2) is 24.4 Å². The average Bonchev–Trinajstić information content (AvgIpc) is 2.53. The molecule has 0 aliphatic heterocycles. The van der Waals surface area contributed by atoms with E-state index in [1.54, 1.807) is 6.92 Å². The molecule has 0 heterocycles. The minimum absolute atomic E-state index is 0.0466. The summed E-state index contributed by atoms with van der Waals surface area (Å²) < 4.78 is 0. The van der Waals surface area contributed by atoms with Crippen LogP contribution >= 0.6 is 0 Å². The Morgan fingerprint density at radius 3 is 2.41 bits per heavy atom. The highest BCUT2D eigenvalue weighted by molar-refractivity contribution is 5.81. The van der Waals surface area contributed by atoms with E-state index in [1.807, 2.05) is 44.2 Å². The molecule has 122 valence electrons. The van der Waals surface area contributed by atoms with Gasteiger partial charge in [0.25, 0.3) is 0 Å². The first kappa shape index (κ1) is 18.2. The summed E-state index contributed by atoms with van der Waals surface area (Å²) in [5, 5.41) is 5.64. The monoisotopic (exact) mass is 305 g/mol. The lowest BCUT2D eigenvalue weighted by molar-refractivity contribution is -0.125. The van der Waals surface area contributed by atoms with Crippen molar-refractivity contribution < 1.29 is 9.59 Å². The highest BCUT2D eigenvalue weighted by Crippen LogP contribution is 2.18. The topological polar surface area (TPSA) is 84.2 Å². The molecule has 0 aliphatic rings. The zero-order valence-electron chi connectivity index (χ0n) is 13.6. The van der Waals surface area contributed by atoms with Crippen LogP contribution in [0.2, 0.25) is 0 Å². The normalized spacial score (nSPS) is 14.7. The molecular formula is C17H27N3O2. The first-order valence-corrected chi connectivity index (χ1v) is 7.83. The first-order chi connectivity index (χ1) is 10.5. The van der Waals surface area contributed by atoms with Crippen LogP contribution in [-0.2, 0) is 9.59 Å². The van der Waals surface area contributed by atoms with E-state index in [-0.39, 0.29) is 36.2 Å². The maximum atomic E-state index is 12.1. The molecular weight excluding hydrogens is 278 g/mol. The van der Waals surface area contributed by atoms with E-state index in [0.29, 0.717) is 6.54 Å². The summed E-state index contributed by atoms with van der Waals surface area (Å²) in [5.74, 6) is -0.526. The van der Waals surface area contributed by atoms with Crippen molar-refractivity contribution in [3.05, 3.63) is 35.9 Å². The van der Waals surface area contributed by atoms with Crippen molar-refractivity contribution in [1.29, 1.82) is 0 Å². The van der Waals surface area contributed by atoms with E-state index in [0.717, 1.165) is 12.0 Å². The fourth-order valence-electron chi connectivity index (χ4n) is 2.04. The molecule has 0 aliphatic carbocycles. The van der Waals surface area contributed by atoms with Crippen LogP contribution in [0.5, 0.6) is 0 Å². The molecule has 0 saturated heterocycles. The summed E-state index contributed by atoms with van der Waals surface area (Å²) in [5.41, 5.74) is 7.05. The minimum Gasteiger partial charge on any atom is -0.355 e. The second-order valence-corrected chi connectivity index (χ2v) is 5.64. The Kier molecular flexibility index (Phi) is 7.60. The number of carbonyl (C=O) groups is 2. The lowest BCUT2D eigenvalue weighted by Gasteiger charge is -2.20. The molecule has 0 radical (unpaired) electrons. The summed E-state index contributed by atoms with van der Waals surface area (Å²) in [6.07, 6.45) is 1.17. The Labute approximate surface area is 132 Å². The van der Waals surface area contributed by atoms with Gasteiger partial charge < -0.3 is 16.4 Å². The summed E-state index contributed by atoms with van der Waals surface area (Å²) in [4.78, 5) is 23.7. The maximum absolute atomic E-state index is 12.1. The fourth-order valence-corrected chi connectivity index (χ4v) is 2.04. The van der Waals surface area contributed by atoms with Crippen LogP contribution in [0.25, 0.3) is 0 Å². The van der Waals surface area contributed by atoms with Crippen LogP contribution in [0.3, 0.4) is 0 Å². The van der Waals surface area contributed by atoms with Crippen molar-refractivity contribution in [2.24, 2.45) is 11.7 Å². The molecule has 1 aromatic carbocycles. The van der Waals surface area contributed by atoms with Gasteiger partial charge in [0.2, 0.25) is 11.8 Å². The molecule has 5 nitrogen and oxygen atoms in total. The van der Waals surface area contributed by atoms with Gasteiger partial charge in [-0.1, -0.05) is 44.2 Å². The summed E-state index contributed by atoms with van der Waals surface area (Å²) in [6.45, 7) is 6.09. The molecule has 3 unspecified atom stereocenters. The zero-order valence-corrected chi connectivity index (χ0v) is 13.6. The number of hydrogen-bond donors (Lipinski definition) is 3. The molecule has 3 atom stereocenters. The molecule has 22 heavy (non-hydrogen) atoms. The smallest absolute Gasteiger partial charge is 0.224 e. The molecule has 5 heteroatoms. The van der Waals surface area contributed by atoms with Gasteiger partial charge in [0.1, 0.15) is 0 Å². The van der Waals surface area contributed by atoms with E-state index < -0.39 is 0 Å². The van der Waals surface area contributed by atoms with Crippen molar-refractivity contribution in [2.45, 2.75) is 45.7 Å². The Bertz CT molecular complexity index is 476. The van der Waals surface area contributed by atoms with Crippen molar-refractivity contribution in [2.75, 3.05) is 6.54 Å². The fraction of sp³-hybridized carbons (Fsp3) is 0.529. The maximum Gasteiger partial charge on any atom is 0.224 e. The molecule has 2 amide bonds. The molecule has 0 spiro atoms. The van der Waals surface area contributed by atoms with Gasteiger partial charge in [-0.05, 0) is 18.9 Å². The first-order valence-electron chi connectivity index (χ1n) is 7.83. The highest BCUT2D eigenvalue weighted by Gasteiger charge is 2.21. The van der Waals surface area contributed by atoms with Gasteiger partial charge in [0.15, 0.2) is 0 Å². The third-order valence-corrected chi connectivity index (χ3v) is 3.81. The second-order valence-electron chi connectivity index (χ2n) is 5.64. The third-order valence-electron chi connectivity index (χ3n) is 3.81. The standard InChI is InChI=1S/C17H27N3O2/c1-4-12(2)20-15(21)10-11-19-17(22)13(3)16(18)14-8-6-5-7-9-14/h5-9,12-13,16H,4,10-11,18H2,1-3H3,(H,19,22)(H,20,21). The van der Waals surface area contributed by atoms with Gasteiger partial charge in [-0.2, -0.15) is 0 Å². The number of hydrogen-bond acceptors (Lipinski definition) is 3. The lowest BCUT2D eigenvalue weighted by atomic mass is 9.95. The SMILES string of the molecule is CCC(C)NC(=O)CCNC(=O)C(C)C(N)c1ccccc1. The highest BCUT2D eigenvalue weighted by atomic mass is 16.2. The van der Waals surface area contributed by atoms with E-state index in [4.69, 9.17) is 5.73 Å². The van der Waals surface area contributed by atoms with Crippen LogP contribution in [0.15, 0.2) is 30.3 Å². The molecule has 4 N–H and O–H groups in total. The average molecular weight is 305 g/mol. The molecule has 1 aromatic rings. The van der Waals surface area contributed by atoms with Gasteiger partial charge >= 0.3 is 0 Å². The van der Waals surface area contributed by atoms with Crippen LogP contribution in [0.4, 0.5) is 0 Å². The van der Waals surface area contributed by atoms with Crippen molar-refractivity contribution >= 4 is 11.8 Å². The van der Waals surface area contributed by atoms with Gasteiger partial charge in [0.05, 0.1) is 5.92 Å². The summed E-state index contributed by atoms with van der Waals surface area (Å²) in [6, 6.07) is 9.35. The lowest BCUT2D eigenvalue weighted by Crippen LogP contribution is -2.38. The van der Waals surface area contributed by atoms with E-state index in [1.165, 1.54) is 0 Å². The van der Waals surface area contributed by atoms with Crippen LogP contribution in [0, 0.1) is 5.92 Å². The molecule has 0 fully saturated rings. The largest absolute Gasteiger partial charge is 0.355 e. The Morgan fingerprint density at radius 2 is 1.82 bits per heavy atom. The number of rotatable bonds is 8. The van der Waals surface area contributed by atoms with Gasteiger partial charge in [-0.3, -0.25) is 9.59 Å². The van der Waals surface area contributed by atoms with Crippen molar-refractivity contribution in [1.82, 2.24) is 10.6 Å². The molecule has 0 aromatic heterocycles. The van der Waals surface area contributed by atoms with Crippen molar-refractivity contribution in [3.63, 3.8) is 0 Å². The minimum atomic E-state index is -0.352. The van der Waals surface area contributed by atoms with Gasteiger partial charge in [-0.15, -0.1) is 0 Å². The van der Waals surface area contributed by atoms with E-state index in [2.05, 4.69) is 10.6 Å². The zero-order chi connectivity index (χ0) is 16.5. The van der Waals surface area contributed by atoms with Gasteiger partial charge in [0, 0.05) is 25.0 Å². The van der Waals surface area contributed by atoms with Crippen LogP contribution in [0.1, 0.15) is 45.2 Å². The van der Waals surface area contributed by atoms with Crippen molar-refractivity contribution in [3.8, 4) is 0 Å². The summed E-state index contributed by atoms with van der Waals surface area (Å²) in [7, 11) is 0. The Morgan fingerprint density at radius 1 is 1.18 bits per heavy atom. The molecule has 0 saturated carbocycles. The molecule has 0 bridgehead atoms. The van der Waals surface area contributed by atoms with E-state index in [9.17, 15) is 9.59 Å². The number of nitrogens with one attached hydrogen (secondary N) is 2. The molecule has 1 rings (SSSR count). The third kappa shape index (κ3) is 5.85. The van der Waals surface area contributed by atoms with Gasteiger partial charge in [-0.25, -0.2) is 0 Å². The number of amides is 2. The second kappa shape index (κ2) is 9.20. The quantitative estimate of drug-likeness (QED) is 0.684. The number of carbonyl (C=O) groups excluding carboxylic acids is 2. The predicted molar refractivity (Wildman–Crippen MR) is 88.1 cm³/mol.